The van der Waals surface area contributed by atoms with Crippen molar-refractivity contribution in [2.45, 2.75) is 65.2 Å². The molecule has 0 amide bonds. The van der Waals surface area contributed by atoms with Crippen molar-refractivity contribution in [3.05, 3.63) is 0 Å². The Morgan fingerprint density at radius 3 is 2.47 bits per heavy atom. The van der Waals surface area contributed by atoms with Crippen LogP contribution >= 0.6 is 0 Å². The van der Waals surface area contributed by atoms with E-state index in [0.717, 1.165) is 19.3 Å². The van der Waals surface area contributed by atoms with E-state index in [2.05, 4.69) is 13.8 Å². The maximum atomic E-state index is 11.6. The molecule has 2 N–H and O–H groups in total. The summed E-state index contributed by atoms with van der Waals surface area (Å²) in [6.07, 6.45) is 5.93. The zero-order chi connectivity index (χ0) is 14.5. The minimum atomic E-state index is -0.840. The lowest BCUT2D eigenvalue weighted by atomic mass is 9.67. The van der Waals surface area contributed by atoms with Crippen LogP contribution in [0.15, 0.2) is 0 Å². The van der Waals surface area contributed by atoms with Crippen molar-refractivity contribution < 1.29 is 19.8 Å². The van der Waals surface area contributed by atoms with Crippen LogP contribution in [0.3, 0.4) is 0 Å². The van der Waals surface area contributed by atoms with Gasteiger partial charge in [-0.3, -0.25) is 9.59 Å². The molecule has 1 fully saturated rings. The third-order valence-electron chi connectivity index (χ3n) is 4.33. The topological polar surface area (TPSA) is 74.6 Å². The highest BCUT2D eigenvalue weighted by Crippen LogP contribution is 2.43. The van der Waals surface area contributed by atoms with Gasteiger partial charge in [0, 0.05) is 0 Å². The Morgan fingerprint density at radius 1 is 1.26 bits per heavy atom. The van der Waals surface area contributed by atoms with Crippen LogP contribution in [-0.4, -0.2) is 22.2 Å². The van der Waals surface area contributed by atoms with Crippen LogP contribution in [-0.2, 0) is 9.59 Å². The largest absolute Gasteiger partial charge is 0.481 e. The molecular weight excluding hydrogens is 244 g/mol. The molecule has 0 aliphatic heterocycles. The number of aliphatic carboxylic acids is 2. The third-order valence-corrected chi connectivity index (χ3v) is 4.33. The quantitative estimate of drug-likeness (QED) is 0.694. The Balaban J connectivity index is 2.59. The first-order chi connectivity index (χ1) is 8.87. The molecule has 1 aliphatic rings. The highest BCUT2D eigenvalue weighted by molar-refractivity contribution is 5.77. The minimum absolute atomic E-state index is 0.305. The third kappa shape index (κ3) is 4.51. The lowest BCUT2D eigenvalue weighted by Gasteiger charge is -2.36. The fourth-order valence-electron chi connectivity index (χ4n) is 3.12. The molecule has 4 heteroatoms. The summed E-state index contributed by atoms with van der Waals surface area (Å²) in [6.45, 7) is 4.32. The smallest absolute Gasteiger partial charge is 0.309 e. The summed E-state index contributed by atoms with van der Waals surface area (Å²) in [7, 11) is 0. The van der Waals surface area contributed by atoms with Crippen molar-refractivity contribution in [2.75, 3.05) is 0 Å². The van der Waals surface area contributed by atoms with E-state index < -0.39 is 23.3 Å². The van der Waals surface area contributed by atoms with Crippen LogP contribution in [0.2, 0.25) is 0 Å². The molecule has 19 heavy (non-hydrogen) atoms. The fraction of sp³-hybridized carbons (Fsp3) is 0.867. The first kappa shape index (κ1) is 16.0. The summed E-state index contributed by atoms with van der Waals surface area (Å²) in [5.74, 6) is -1.48. The van der Waals surface area contributed by atoms with Gasteiger partial charge in [-0.15, -0.1) is 0 Å². The SMILES string of the molecule is CC(C)CCCCC1(C(=O)O)CCCC(C(=O)O)C1. The number of hydrogen-bond acceptors (Lipinski definition) is 2. The molecule has 0 heterocycles. The number of hydrogen-bond donors (Lipinski definition) is 2. The summed E-state index contributed by atoms with van der Waals surface area (Å²) in [6, 6.07) is 0. The second-order valence-corrected chi connectivity index (χ2v) is 6.36. The van der Waals surface area contributed by atoms with E-state index in [0.29, 0.717) is 38.0 Å². The van der Waals surface area contributed by atoms with Gasteiger partial charge in [-0.25, -0.2) is 0 Å². The minimum Gasteiger partial charge on any atom is -0.481 e. The molecule has 0 bridgehead atoms. The number of carboxylic acid groups (broad SMARTS) is 2. The first-order valence-electron chi connectivity index (χ1n) is 7.33. The monoisotopic (exact) mass is 270 g/mol. The van der Waals surface area contributed by atoms with Crippen molar-refractivity contribution in [3.63, 3.8) is 0 Å². The molecule has 1 aliphatic carbocycles. The van der Waals surface area contributed by atoms with Gasteiger partial charge in [0.15, 0.2) is 0 Å². The molecule has 2 unspecified atom stereocenters. The van der Waals surface area contributed by atoms with E-state index >= 15 is 0 Å². The molecule has 2 atom stereocenters. The van der Waals surface area contributed by atoms with Crippen molar-refractivity contribution in [2.24, 2.45) is 17.3 Å². The number of rotatable bonds is 7. The van der Waals surface area contributed by atoms with E-state index in [4.69, 9.17) is 5.11 Å². The molecule has 0 saturated heterocycles. The average Bonchev–Trinajstić information content (AvgIpc) is 2.34. The maximum absolute atomic E-state index is 11.6. The van der Waals surface area contributed by atoms with E-state index in [9.17, 15) is 14.7 Å². The van der Waals surface area contributed by atoms with Gasteiger partial charge in [-0.1, -0.05) is 39.5 Å². The average molecular weight is 270 g/mol. The lowest BCUT2D eigenvalue weighted by molar-refractivity contribution is -0.156. The molecule has 0 spiro atoms. The van der Waals surface area contributed by atoms with Crippen LogP contribution in [0.1, 0.15) is 65.2 Å². The second kappa shape index (κ2) is 6.92. The van der Waals surface area contributed by atoms with Gasteiger partial charge >= 0.3 is 11.9 Å². The molecule has 0 aromatic heterocycles. The second-order valence-electron chi connectivity index (χ2n) is 6.36. The molecule has 110 valence electrons. The van der Waals surface area contributed by atoms with E-state index in [1.165, 1.54) is 0 Å². The normalized spacial score (nSPS) is 27.4. The van der Waals surface area contributed by atoms with E-state index in [1.807, 2.05) is 0 Å². The Labute approximate surface area is 115 Å². The maximum Gasteiger partial charge on any atom is 0.309 e. The molecule has 1 saturated carbocycles. The highest BCUT2D eigenvalue weighted by atomic mass is 16.4. The highest BCUT2D eigenvalue weighted by Gasteiger charge is 2.44. The molecule has 0 radical (unpaired) electrons. The van der Waals surface area contributed by atoms with Crippen molar-refractivity contribution in [1.29, 1.82) is 0 Å². The summed E-state index contributed by atoms with van der Waals surface area (Å²) in [5, 5.41) is 18.6. The van der Waals surface area contributed by atoms with Gasteiger partial charge < -0.3 is 10.2 Å². The van der Waals surface area contributed by atoms with Crippen LogP contribution < -0.4 is 0 Å². The summed E-state index contributed by atoms with van der Waals surface area (Å²) >= 11 is 0. The van der Waals surface area contributed by atoms with Crippen molar-refractivity contribution >= 4 is 11.9 Å². The summed E-state index contributed by atoms with van der Waals surface area (Å²) in [5.41, 5.74) is -0.793. The van der Waals surface area contributed by atoms with Crippen LogP contribution in [0.4, 0.5) is 0 Å². The van der Waals surface area contributed by atoms with E-state index in [1.54, 1.807) is 0 Å². The van der Waals surface area contributed by atoms with Crippen molar-refractivity contribution in [3.8, 4) is 0 Å². The van der Waals surface area contributed by atoms with Crippen LogP contribution in [0, 0.1) is 17.3 Å². The zero-order valence-electron chi connectivity index (χ0n) is 12.0. The first-order valence-corrected chi connectivity index (χ1v) is 7.33. The predicted octanol–water partition coefficient (Wildman–Crippen LogP) is 3.55. The zero-order valence-corrected chi connectivity index (χ0v) is 12.0. The van der Waals surface area contributed by atoms with E-state index in [-0.39, 0.29) is 0 Å². The van der Waals surface area contributed by atoms with Crippen LogP contribution in [0.5, 0.6) is 0 Å². The Bertz CT molecular complexity index is 324. The van der Waals surface area contributed by atoms with Gasteiger partial charge in [0.25, 0.3) is 0 Å². The Hall–Kier alpha value is -1.06. The van der Waals surface area contributed by atoms with Crippen LogP contribution in [0.25, 0.3) is 0 Å². The summed E-state index contributed by atoms with van der Waals surface area (Å²) < 4.78 is 0. The number of carbonyl (C=O) groups is 2. The molecule has 4 nitrogen and oxygen atoms in total. The van der Waals surface area contributed by atoms with Gasteiger partial charge in [-0.05, 0) is 31.6 Å². The number of unbranched alkanes of at least 4 members (excludes halogenated alkanes) is 1. The molecule has 1 rings (SSSR count). The van der Waals surface area contributed by atoms with Crippen molar-refractivity contribution in [1.82, 2.24) is 0 Å². The number of carboxylic acids is 2. The lowest BCUT2D eigenvalue weighted by Crippen LogP contribution is -2.38. The summed E-state index contributed by atoms with van der Waals surface area (Å²) in [4.78, 5) is 22.7. The Morgan fingerprint density at radius 2 is 1.95 bits per heavy atom. The predicted molar refractivity (Wildman–Crippen MR) is 73.0 cm³/mol. The van der Waals surface area contributed by atoms with Gasteiger partial charge in [0.05, 0.1) is 11.3 Å². The van der Waals surface area contributed by atoms with Gasteiger partial charge in [0.2, 0.25) is 0 Å². The van der Waals surface area contributed by atoms with Gasteiger partial charge in [-0.2, -0.15) is 0 Å². The Kier molecular flexibility index (Phi) is 5.83. The standard InChI is InChI=1S/C15H26O4/c1-11(2)6-3-4-8-15(14(18)19)9-5-7-12(10-15)13(16)17/h11-12H,3-10H2,1-2H3,(H,16,17)(H,18,19). The molecule has 0 aromatic carbocycles. The molecular formula is C15H26O4. The fourth-order valence-corrected chi connectivity index (χ4v) is 3.12. The van der Waals surface area contributed by atoms with Gasteiger partial charge in [0.1, 0.15) is 0 Å². The molecule has 0 aromatic rings.